The van der Waals surface area contributed by atoms with Crippen molar-refractivity contribution in [3.63, 3.8) is 0 Å². The summed E-state index contributed by atoms with van der Waals surface area (Å²) in [5.74, 6) is -0.617. The van der Waals surface area contributed by atoms with Gasteiger partial charge in [0, 0.05) is 12.7 Å². The molecular weight excluding hydrogens is 370 g/mol. The largest absolute Gasteiger partial charge is 0.354 e. The number of carbonyl (C=O) groups excluding carboxylic acids is 2. The summed E-state index contributed by atoms with van der Waals surface area (Å²) in [4.78, 5) is 26.9. The summed E-state index contributed by atoms with van der Waals surface area (Å²) in [5, 5.41) is 12.0. The van der Waals surface area contributed by atoms with E-state index in [2.05, 4.69) is 24.4 Å². The van der Waals surface area contributed by atoms with Crippen LogP contribution in [0.15, 0.2) is 65.2 Å². The third-order valence-corrected chi connectivity index (χ3v) is 5.86. The van der Waals surface area contributed by atoms with Gasteiger partial charge in [0.25, 0.3) is 5.91 Å². The topological polar surface area (TPSA) is 73.2 Å². The van der Waals surface area contributed by atoms with Crippen molar-refractivity contribution in [2.75, 3.05) is 11.9 Å². The molecule has 0 radical (unpaired) electrons. The Kier molecular flexibility index (Phi) is 6.17. The number of nitrogens with zero attached hydrogens (tertiary/aromatic N) is 2. The summed E-state index contributed by atoms with van der Waals surface area (Å²) in [5.41, 5.74) is 2.90. The van der Waals surface area contributed by atoms with Crippen LogP contribution < -0.4 is 10.2 Å². The van der Waals surface area contributed by atoms with Crippen LogP contribution in [0, 0.1) is 11.3 Å². The Morgan fingerprint density at radius 2 is 1.79 bits per heavy atom. The number of thioether (sulfide) groups is 1. The second-order valence-electron chi connectivity index (χ2n) is 6.36. The summed E-state index contributed by atoms with van der Waals surface area (Å²) >= 11 is 1.28. The number of anilines is 1. The van der Waals surface area contributed by atoms with Gasteiger partial charge in [0.1, 0.15) is 16.7 Å². The van der Waals surface area contributed by atoms with E-state index in [4.69, 9.17) is 0 Å². The molecule has 2 aromatic rings. The standard InChI is InChI=1S/C22H21N3O2S/c1-3-15-9-11-16(12-10-15)13-19-21(27)25(17-7-5-4-6-8-17)22(28-19)18(14-23)20(26)24-2/h4-12,19H,3,13H2,1-2H3,(H,24,26)/b22-18+/t19-/m1/s1. The monoisotopic (exact) mass is 391 g/mol. The molecule has 1 aliphatic rings. The molecule has 0 spiro atoms. The fourth-order valence-corrected chi connectivity index (χ4v) is 4.36. The zero-order valence-corrected chi connectivity index (χ0v) is 16.6. The summed E-state index contributed by atoms with van der Waals surface area (Å²) < 4.78 is 0. The van der Waals surface area contributed by atoms with Gasteiger partial charge in [0.2, 0.25) is 5.91 Å². The molecule has 1 aliphatic heterocycles. The van der Waals surface area contributed by atoms with E-state index in [1.807, 2.05) is 36.4 Å². The molecule has 2 amide bonds. The van der Waals surface area contributed by atoms with Crippen LogP contribution in [0.5, 0.6) is 0 Å². The Bertz CT molecular complexity index is 946. The molecule has 1 heterocycles. The molecule has 0 bridgehead atoms. The molecule has 0 unspecified atom stereocenters. The van der Waals surface area contributed by atoms with Crippen molar-refractivity contribution in [2.45, 2.75) is 25.0 Å². The van der Waals surface area contributed by atoms with Gasteiger partial charge in [0.15, 0.2) is 0 Å². The summed E-state index contributed by atoms with van der Waals surface area (Å²) in [6.07, 6.45) is 1.50. The van der Waals surface area contributed by atoms with Gasteiger partial charge in [-0.3, -0.25) is 14.5 Å². The van der Waals surface area contributed by atoms with Crippen molar-refractivity contribution >= 4 is 29.3 Å². The number of hydrogen-bond acceptors (Lipinski definition) is 4. The molecule has 1 saturated heterocycles. The summed E-state index contributed by atoms with van der Waals surface area (Å²) in [6, 6.07) is 19.3. The van der Waals surface area contributed by atoms with Gasteiger partial charge < -0.3 is 5.32 Å². The van der Waals surface area contributed by atoms with E-state index in [9.17, 15) is 14.9 Å². The second kappa shape index (κ2) is 8.77. The van der Waals surface area contributed by atoms with E-state index in [0.717, 1.165) is 12.0 Å². The lowest BCUT2D eigenvalue weighted by Gasteiger charge is -2.18. The highest BCUT2D eigenvalue weighted by Crippen LogP contribution is 2.41. The highest BCUT2D eigenvalue weighted by molar-refractivity contribution is 8.05. The Labute approximate surface area is 169 Å². The lowest BCUT2D eigenvalue weighted by atomic mass is 10.1. The average molecular weight is 391 g/mol. The molecule has 0 aliphatic carbocycles. The first kappa shape index (κ1) is 19.7. The Hall–Kier alpha value is -3.04. The fourth-order valence-electron chi connectivity index (χ4n) is 3.05. The van der Waals surface area contributed by atoms with Crippen LogP contribution >= 0.6 is 11.8 Å². The number of rotatable bonds is 5. The van der Waals surface area contributed by atoms with Crippen molar-refractivity contribution in [2.24, 2.45) is 0 Å². The predicted octanol–water partition coefficient (Wildman–Crippen LogP) is 3.42. The minimum absolute atomic E-state index is 0.0477. The number of carbonyl (C=O) groups is 2. The van der Waals surface area contributed by atoms with E-state index in [1.165, 1.54) is 29.3 Å². The maximum Gasteiger partial charge on any atom is 0.264 e. The van der Waals surface area contributed by atoms with E-state index in [-0.39, 0.29) is 11.5 Å². The second-order valence-corrected chi connectivity index (χ2v) is 7.55. The van der Waals surface area contributed by atoms with Crippen molar-refractivity contribution in [1.82, 2.24) is 5.32 Å². The average Bonchev–Trinajstić information content (AvgIpc) is 3.05. The van der Waals surface area contributed by atoms with Crippen LogP contribution in [0.25, 0.3) is 0 Å². The van der Waals surface area contributed by atoms with Gasteiger partial charge >= 0.3 is 0 Å². The maximum absolute atomic E-state index is 13.2. The normalized spacial score (nSPS) is 18.0. The molecule has 0 saturated carbocycles. The van der Waals surface area contributed by atoms with E-state index in [0.29, 0.717) is 17.1 Å². The number of hydrogen-bond donors (Lipinski definition) is 1. The van der Waals surface area contributed by atoms with Gasteiger partial charge in [-0.05, 0) is 36.1 Å². The van der Waals surface area contributed by atoms with E-state index in [1.54, 1.807) is 12.1 Å². The SMILES string of the molecule is CCc1ccc(C[C@H]2S/C(=C(\C#N)C(=O)NC)N(c3ccccc3)C2=O)cc1. The van der Waals surface area contributed by atoms with Crippen molar-refractivity contribution in [3.8, 4) is 6.07 Å². The van der Waals surface area contributed by atoms with Gasteiger partial charge in [-0.25, -0.2) is 0 Å². The fraction of sp³-hybridized carbons (Fsp3) is 0.227. The molecule has 6 heteroatoms. The minimum Gasteiger partial charge on any atom is -0.354 e. The highest BCUT2D eigenvalue weighted by atomic mass is 32.2. The number of amides is 2. The van der Waals surface area contributed by atoms with Crippen LogP contribution in [0.4, 0.5) is 5.69 Å². The number of benzene rings is 2. The third-order valence-electron chi connectivity index (χ3n) is 4.60. The van der Waals surface area contributed by atoms with Crippen LogP contribution in [0.1, 0.15) is 18.1 Å². The lowest BCUT2D eigenvalue weighted by Crippen LogP contribution is -2.31. The third kappa shape index (κ3) is 3.95. The molecule has 3 rings (SSSR count). The van der Waals surface area contributed by atoms with Gasteiger partial charge in [0.05, 0.1) is 5.25 Å². The van der Waals surface area contributed by atoms with Gasteiger partial charge in [-0.2, -0.15) is 5.26 Å². The highest BCUT2D eigenvalue weighted by Gasteiger charge is 2.40. The number of nitrogens with one attached hydrogen (secondary N) is 1. The Balaban J connectivity index is 1.98. The Morgan fingerprint density at radius 1 is 1.14 bits per heavy atom. The predicted molar refractivity (Wildman–Crippen MR) is 112 cm³/mol. The molecule has 1 atom stereocenters. The Morgan fingerprint density at radius 3 is 2.36 bits per heavy atom. The van der Waals surface area contributed by atoms with E-state index >= 15 is 0 Å². The van der Waals surface area contributed by atoms with Crippen LogP contribution in [-0.4, -0.2) is 24.1 Å². The first-order valence-corrected chi connectivity index (χ1v) is 9.97. The van der Waals surface area contributed by atoms with Crippen LogP contribution in [0.2, 0.25) is 0 Å². The summed E-state index contributed by atoms with van der Waals surface area (Å²) in [6.45, 7) is 2.10. The molecule has 0 aromatic heterocycles. The van der Waals surface area contributed by atoms with Crippen molar-refractivity contribution in [3.05, 3.63) is 76.3 Å². The number of aryl methyl sites for hydroxylation is 1. The maximum atomic E-state index is 13.2. The molecule has 28 heavy (non-hydrogen) atoms. The molecule has 1 N–H and O–H groups in total. The number of likely N-dealkylation sites (N-methyl/N-ethyl adjacent to an activating group) is 1. The van der Waals surface area contributed by atoms with E-state index < -0.39 is 11.2 Å². The molecule has 142 valence electrons. The van der Waals surface area contributed by atoms with Crippen molar-refractivity contribution in [1.29, 1.82) is 5.26 Å². The smallest absolute Gasteiger partial charge is 0.264 e. The van der Waals surface area contributed by atoms with Crippen LogP contribution in [0.3, 0.4) is 0 Å². The number of para-hydroxylation sites is 1. The first-order valence-electron chi connectivity index (χ1n) is 9.09. The minimum atomic E-state index is -0.494. The van der Waals surface area contributed by atoms with Gasteiger partial charge in [-0.15, -0.1) is 0 Å². The molecule has 5 nitrogen and oxygen atoms in total. The zero-order chi connectivity index (χ0) is 20.1. The molecule has 1 fully saturated rings. The molecular formula is C22H21N3O2S. The molecule has 2 aromatic carbocycles. The number of nitriles is 1. The quantitative estimate of drug-likeness (QED) is 0.626. The zero-order valence-electron chi connectivity index (χ0n) is 15.8. The van der Waals surface area contributed by atoms with Gasteiger partial charge in [-0.1, -0.05) is 61.2 Å². The van der Waals surface area contributed by atoms with Crippen LogP contribution in [-0.2, 0) is 22.4 Å². The van der Waals surface area contributed by atoms with Crippen molar-refractivity contribution < 1.29 is 9.59 Å². The lowest BCUT2D eigenvalue weighted by molar-refractivity contribution is -0.117. The summed E-state index contributed by atoms with van der Waals surface area (Å²) in [7, 11) is 1.47. The first-order chi connectivity index (χ1) is 13.6.